The minimum atomic E-state index is 0.565. The lowest BCUT2D eigenvalue weighted by molar-refractivity contribution is 0.147. The third-order valence-electron chi connectivity index (χ3n) is 3.88. The molecule has 1 unspecified atom stereocenters. The van der Waals surface area contributed by atoms with E-state index in [-0.39, 0.29) is 0 Å². The summed E-state index contributed by atoms with van der Waals surface area (Å²) >= 11 is 0. The van der Waals surface area contributed by atoms with Crippen LogP contribution in [0.1, 0.15) is 52.3 Å². The summed E-state index contributed by atoms with van der Waals surface area (Å²) in [5.41, 5.74) is 0. The quantitative estimate of drug-likeness (QED) is 0.837. The van der Waals surface area contributed by atoms with E-state index in [2.05, 4.69) is 48.1 Å². The molecular formula is C16H30N4O. The van der Waals surface area contributed by atoms with Crippen molar-refractivity contribution in [2.75, 3.05) is 19.6 Å². The zero-order valence-electron chi connectivity index (χ0n) is 13.9. The maximum absolute atomic E-state index is 5.38. The van der Waals surface area contributed by atoms with Crippen molar-refractivity contribution < 1.29 is 4.52 Å². The van der Waals surface area contributed by atoms with E-state index in [1.54, 1.807) is 0 Å². The summed E-state index contributed by atoms with van der Waals surface area (Å²) in [7, 11) is 0. The number of nitrogens with one attached hydrogen (secondary N) is 1. The maximum Gasteiger partial charge on any atom is 0.240 e. The van der Waals surface area contributed by atoms with Gasteiger partial charge in [-0.05, 0) is 37.8 Å². The first-order valence-electron chi connectivity index (χ1n) is 8.30. The van der Waals surface area contributed by atoms with Crippen LogP contribution in [0.4, 0.5) is 0 Å². The molecule has 2 rings (SSSR count). The molecule has 5 nitrogen and oxygen atoms in total. The number of piperidine rings is 1. The molecule has 5 heteroatoms. The Hall–Kier alpha value is -0.940. The highest BCUT2D eigenvalue weighted by molar-refractivity contribution is 4.88. The Morgan fingerprint density at radius 2 is 2.14 bits per heavy atom. The van der Waals surface area contributed by atoms with E-state index in [9.17, 15) is 0 Å². The largest absolute Gasteiger partial charge is 0.338 e. The van der Waals surface area contributed by atoms with E-state index in [1.165, 1.54) is 12.8 Å². The zero-order valence-corrected chi connectivity index (χ0v) is 13.9. The van der Waals surface area contributed by atoms with Crippen molar-refractivity contribution >= 4 is 0 Å². The number of hydrogen-bond donors (Lipinski definition) is 1. The Morgan fingerprint density at radius 3 is 2.86 bits per heavy atom. The van der Waals surface area contributed by atoms with Gasteiger partial charge in [-0.3, -0.25) is 4.90 Å². The van der Waals surface area contributed by atoms with E-state index in [0.29, 0.717) is 12.0 Å². The second kappa shape index (κ2) is 7.90. The topological polar surface area (TPSA) is 54.2 Å². The van der Waals surface area contributed by atoms with Crippen LogP contribution in [0.3, 0.4) is 0 Å². The number of nitrogens with zero attached hydrogens (tertiary/aromatic N) is 3. The molecule has 1 saturated heterocycles. The second-order valence-electron chi connectivity index (χ2n) is 7.01. The predicted octanol–water partition coefficient (Wildman–Crippen LogP) is 2.48. The molecule has 1 atom stereocenters. The first kappa shape index (κ1) is 16.4. The molecule has 0 saturated carbocycles. The third kappa shape index (κ3) is 5.75. The Labute approximate surface area is 128 Å². The van der Waals surface area contributed by atoms with Gasteiger partial charge in [0.25, 0.3) is 0 Å². The van der Waals surface area contributed by atoms with Crippen LogP contribution >= 0.6 is 0 Å². The Morgan fingerprint density at radius 1 is 1.33 bits per heavy atom. The smallest absolute Gasteiger partial charge is 0.240 e. The minimum absolute atomic E-state index is 0.565. The lowest BCUT2D eigenvalue weighted by atomic mass is 9.98. The van der Waals surface area contributed by atoms with Crippen molar-refractivity contribution in [3.05, 3.63) is 11.7 Å². The first-order chi connectivity index (χ1) is 10.0. The summed E-state index contributed by atoms with van der Waals surface area (Å²) in [5.74, 6) is 2.91. The summed E-state index contributed by atoms with van der Waals surface area (Å²) in [5, 5.41) is 7.62. The van der Waals surface area contributed by atoms with Gasteiger partial charge in [-0.2, -0.15) is 4.98 Å². The Balaban J connectivity index is 1.80. The van der Waals surface area contributed by atoms with Crippen molar-refractivity contribution in [2.45, 2.75) is 59.5 Å². The molecule has 1 aliphatic heterocycles. The number of rotatable bonds is 7. The molecule has 0 amide bonds. The molecule has 21 heavy (non-hydrogen) atoms. The average molecular weight is 294 g/mol. The molecule has 1 fully saturated rings. The van der Waals surface area contributed by atoms with Crippen LogP contribution < -0.4 is 5.32 Å². The molecule has 0 aliphatic carbocycles. The van der Waals surface area contributed by atoms with Gasteiger partial charge in [-0.25, -0.2) is 0 Å². The summed E-state index contributed by atoms with van der Waals surface area (Å²) in [6.07, 6.45) is 3.47. The van der Waals surface area contributed by atoms with Crippen LogP contribution in [0.25, 0.3) is 0 Å². The summed E-state index contributed by atoms with van der Waals surface area (Å²) in [6, 6.07) is 0.565. The molecule has 0 bridgehead atoms. The van der Waals surface area contributed by atoms with E-state index in [0.717, 1.165) is 50.2 Å². The van der Waals surface area contributed by atoms with Crippen LogP contribution in [0.5, 0.6) is 0 Å². The monoisotopic (exact) mass is 294 g/mol. The van der Waals surface area contributed by atoms with Gasteiger partial charge in [0.1, 0.15) is 0 Å². The van der Waals surface area contributed by atoms with Gasteiger partial charge >= 0.3 is 0 Å². The van der Waals surface area contributed by atoms with Crippen LogP contribution in [0, 0.1) is 11.8 Å². The molecule has 1 aromatic heterocycles. The molecule has 120 valence electrons. The fourth-order valence-electron chi connectivity index (χ4n) is 2.86. The van der Waals surface area contributed by atoms with E-state index < -0.39 is 0 Å². The van der Waals surface area contributed by atoms with Gasteiger partial charge in [0.2, 0.25) is 5.89 Å². The molecular weight excluding hydrogens is 264 g/mol. The highest BCUT2D eigenvalue weighted by Crippen LogP contribution is 2.18. The summed E-state index contributed by atoms with van der Waals surface area (Å²) < 4.78 is 5.38. The lowest BCUT2D eigenvalue weighted by Gasteiger charge is -2.32. The number of likely N-dealkylation sites (tertiary alicyclic amines) is 1. The van der Waals surface area contributed by atoms with Gasteiger partial charge in [0, 0.05) is 19.0 Å². The maximum atomic E-state index is 5.38. The number of aromatic nitrogens is 2. The molecule has 1 aromatic rings. The van der Waals surface area contributed by atoms with Crippen molar-refractivity contribution in [3.63, 3.8) is 0 Å². The van der Waals surface area contributed by atoms with Crippen molar-refractivity contribution in [1.82, 2.24) is 20.4 Å². The SMILES string of the molecule is CC(C)Cc1noc(CN2CCCC(CNC(C)C)C2)n1. The normalized spacial score (nSPS) is 20.6. The molecule has 0 spiro atoms. The highest BCUT2D eigenvalue weighted by atomic mass is 16.5. The van der Waals surface area contributed by atoms with Gasteiger partial charge < -0.3 is 9.84 Å². The van der Waals surface area contributed by atoms with Gasteiger partial charge in [0.05, 0.1) is 6.54 Å². The molecule has 1 N–H and O–H groups in total. The predicted molar refractivity (Wildman–Crippen MR) is 84.0 cm³/mol. The van der Waals surface area contributed by atoms with Crippen molar-refractivity contribution in [3.8, 4) is 0 Å². The van der Waals surface area contributed by atoms with E-state index >= 15 is 0 Å². The highest BCUT2D eigenvalue weighted by Gasteiger charge is 2.21. The van der Waals surface area contributed by atoms with Crippen LogP contribution in [0.2, 0.25) is 0 Å². The minimum Gasteiger partial charge on any atom is -0.338 e. The molecule has 1 aliphatic rings. The van der Waals surface area contributed by atoms with Gasteiger partial charge in [-0.1, -0.05) is 32.9 Å². The average Bonchev–Trinajstić information content (AvgIpc) is 2.83. The van der Waals surface area contributed by atoms with Crippen molar-refractivity contribution in [1.29, 1.82) is 0 Å². The number of hydrogen-bond acceptors (Lipinski definition) is 5. The third-order valence-corrected chi connectivity index (χ3v) is 3.88. The van der Waals surface area contributed by atoms with E-state index in [1.807, 2.05) is 0 Å². The summed E-state index contributed by atoms with van der Waals surface area (Å²) in [6.45, 7) is 12.9. The van der Waals surface area contributed by atoms with Gasteiger partial charge in [0.15, 0.2) is 5.82 Å². The summed E-state index contributed by atoms with van der Waals surface area (Å²) in [4.78, 5) is 6.96. The Kier molecular flexibility index (Phi) is 6.18. The van der Waals surface area contributed by atoms with E-state index in [4.69, 9.17) is 4.52 Å². The molecule has 0 aromatic carbocycles. The second-order valence-corrected chi connectivity index (χ2v) is 7.01. The van der Waals surface area contributed by atoms with Crippen LogP contribution in [-0.4, -0.2) is 40.7 Å². The Bertz CT molecular complexity index is 416. The van der Waals surface area contributed by atoms with Crippen LogP contribution in [0.15, 0.2) is 4.52 Å². The molecule has 0 radical (unpaired) electrons. The fourth-order valence-corrected chi connectivity index (χ4v) is 2.86. The van der Waals surface area contributed by atoms with Crippen molar-refractivity contribution in [2.24, 2.45) is 11.8 Å². The zero-order chi connectivity index (χ0) is 15.2. The first-order valence-corrected chi connectivity index (χ1v) is 8.30. The fraction of sp³-hybridized carbons (Fsp3) is 0.875. The van der Waals surface area contributed by atoms with Crippen LogP contribution in [-0.2, 0) is 13.0 Å². The molecule has 2 heterocycles. The standard InChI is InChI=1S/C16H30N4O/c1-12(2)8-15-18-16(21-19-15)11-20-7-5-6-14(10-20)9-17-13(3)4/h12-14,17H,5-11H2,1-4H3. The lowest BCUT2D eigenvalue weighted by Crippen LogP contribution is -2.40. The van der Waals surface area contributed by atoms with Gasteiger partial charge in [-0.15, -0.1) is 0 Å².